The monoisotopic (exact) mass is 366 g/mol. The van der Waals surface area contributed by atoms with E-state index < -0.39 is 0 Å². The molecule has 0 spiro atoms. The third-order valence-corrected chi connectivity index (χ3v) is 5.19. The molecule has 4 aromatic rings. The molecule has 6 nitrogen and oxygen atoms in total. The van der Waals surface area contributed by atoms with Crippen molar-refractivity contribution in [3.63, 3.8) is 0 Å². The normalized spacial score (nSPS) is 11.2. The van der Waals surface area contributed by atoms with E-state index in [0.29, 0.717) is 23.0 Å². The van der Waals surface area contributed by atoms with Crippen LogP contribution in [-0.2, 0) is 13.0 Å². The van der Waals surface area contributed by atoms with Crippen molar-refractivity contribution in [1.82, 2.24) is 14.8 Å². The van der Waals surface area contributed by atoms with E-state index in [4.69, 9.17) is 4.42 Å². The SMILES string of the molecule is CCc1nnc(NC(=O)c2cc3occc3n2Cc2ccc(C)cc2)s1. The second kappa shape index (κ2) is 6.76. The maximum absolute atomic E-state index is 12.8. The number of fused-ring (bicyclic) bond motifs is 1. The van der Waals surface area contributed by atoms with Gasteiger partial charge < -0.3 is 8.98 Å². The molecule has 3 heterocycles. The predicted octanol–water partition coefficient (Wildman–Crippen LogP) is 4.26. The Morgan fingerprint density at radius 1 is 1.23 bits per heavy atom. The van der Waals surface area contributed by atoms with E-state index >= 15 is 0 Å². The van der Waals surface area contributed by atoms with Gasteiger partial charge in [-0.3, -0.25) is 10.1 Å². The molecule has 0 saturated heterocycles. The summed E-state index contributed by atoms with van der Waals surface area (Å²) in [5.74, 6) is -0.220. The molecule has 7 heteroatoms. The number of carbonyl (C=O) groups excluding carboxylic acids is 1. The van der Waals surface area contributed by atoms with Crippen molar-refractivity contribution >= 4 is 33.5 Å². The Bertz CT molecular complexity index is 1060. The van der Waals surface area contributed by atoms with Gasteiger partial charge in [0.2, 0.25) is 5.13 Å². The second-order valence-electron chi connectivity index (χ2n) is 6.08. The number of anilines is 1. The second-order valence-corrected chi connectivity index (χ2v) is 7.14. The Balaban J connectivity index is 1.66. The zero-order valence-electron chi connectivity index (χ0n) is 14.5. The van der Waals surface area contributed by atoms with Crippen LogP contribution in [0.15, 0.2) is 47.1 Å². The van der Waals surface area contributed by atoms with E-state index in [1.54, 1.807) is 12.3 Å². The smallest absolute Gasteiger partial charge is 0.274 e. The topological polar surface area (TPSA) is 73.0 Å². The van der Waals surface area contributed by atoms with Crippen LogP contribution in [0.3, 0.4) is 0 Å². The van der Waals surface area contributed by atoms with Gasteiger partial charge in [0.25, 0.3) is 5.91 Å². The highest BCUT2D eigenvalue weighted by Crippen LogP contribution is 2.24. The van der Waals surface area contributed by atoms with Crippen LogP contribution in [0.5, 0.6) is 0 Å². The van der Waals surface area contributed by atoms with Crippen LogP contribution in [0.1, 0.15) is 33.5 Å². The zero-order chi connectivity index (χ0) is 18.1. The van der Waals surface area contributed by atoms with Gasteiger partial charge in [0.1, 0.15) is 10.7 Å². The fraction of sp³-hybridized carbons (Fsp3) is 0.211. The maximum atomic E-state index is 12.8. The molecule has 1 amide bonds. The standard InChI is InChI=1S/C19H18N4O2S/c1-3-17-21-22-19(26-17)20-18(24)15-10-16-14(8-9-25-16)23(15)11-13-6-4-12(2)5-7-13/h4-10H,3,11H2,1-2H3,(H,20,22,24). The number of nitrogens with one attached hydrogen (secondary N) is 1. The lowest BCUT2D eigenvalue weighted by Crippen LogP contribution is -2.17. The number of nitrogens with zero attached hydrogens (tertiary/aromatic N) is 3. The summed E-state index contributed by atoms with van der Waals surface area (Å²) in [6.07, 6.45) is 2.43. The molecule has 1 aromatic carbocycles. The lowest BCUT2D eigenvalue weighted by molar-refractivity contribution is 0.101. The molecule has 3 aromatic heterocycles. The van der Waals surface area contributed by atoms with E-state index in [1.165, 1.54) is 16.9 Å². The molecule has 0 aliphatic rings. The highest BCUT2D eigenvalue weighted by Gasteiger charge is 2.19. The first-order valence-corrected chi connectivity index (χ1v) is 9.21. The van der Waals surface area contributed by atoms with E-state index in [-0.39, 0.29) is 5.91 Å². The van der Waals surface area contributed by atoms with Crippen molar-refractivity contribution in [2.75, 3.05) is 5.32 Å². The van der Waals surface area contributed by atoms with Crippen molar-refractivity contribution in [3.05, 3.63) is 64.5 Å². The largest absolute Gasteiger partial charge is 0.463 e. The minimum atomic E-state index is -0.220. The molecule has 0 saturated carbocycles. The van der Waals surface area contributed by atoms with Gasteiger partial charge in [-0.1, -0.05) is 48.1 Å². The number of furan rings is 1. The first kappa shape index (κ1) is 16.5. The quantitative estimate of drug-likeness (QED) is 0.573. The lowest BCUT2D eigenvalue weighted by Gasteiger charge is -2.10. The number of amides is 1. The molecule has 0 unspecified atom stereocenters. The fourth-order valence-corrected chi connectivity index (χ4v) is 3.49. The van der Waals surface area contributed by atoms with Crippen LogP contribution in [0.25, 0.3) is 11.1 Å². The molecule has 1 N–H and O–H groups in total. The van der Waals surface area contributed by atoms with Crippen LogP contribution >= 0.6 is 11.3 Å². The van der Waals surface area contributed by atoms with Gasteiger partial charge in [-0.2, -0.15) is 0 Å². The van der Waals surface area contributed by atoms with E-state index in [2.05, 4.69) is 46.7 Å². The number of carbonyl (C=O) groups is 1. The van der Waals surface area contributed by atoms with Gasteiger partial charge in [0, 0.05) is 18.7 Å². The summed E-state index contributed by atoms with van der Waals surface area (Å²) in [5, 5.41) is 12.3. The average Bonchev–Trinajstić information content (AvgIpc) is 3.34. The van der Waals surface area contributed by atoms with Crippen LogP contribution in [0.4, 0.5) is 5.13 Å². The Morgan fingerprint density at radius 3 is 2.77 bits per heavy atom. The van der Waals surface area contributed by atoms with Crippen molar-refractivity contribution in [2.45, 2.75) is 26.8 Å². The van der Waals surface area contributed by atoms with Crippen LogP contribution < -0.4 is 5.32 Å². The third kappa shape index (κ3) is 3.13. The zero-order valence-corrected chi connectivity index (χ0v) is 15.3. The molecule has 0 aliphatic carbocycles. The summed E-state index contributed by atoms with van der Waals surface area (Å²) >= 11 is 1.39. The number of hydrogen-bond acceptors (Lipinski definition) is 5. The van der Waals surface area contributed by atoms with E-state index in [9.17, 15) is 4.79 Å². The molecule has 0 aliphatic heterocycles. The molecule has 26 heavy (non-hydrogen) atoms. The molecule has 132 valence electrons. The Hall–Kier alpha value is -2.93. The summed E-state index contributed by atoms with van der Waals surface area (Å²) in [5.41, 5.74) is 4.44. The van der Waals surface area contributed by atoms with Gasteiger partial charge in [-0.05, 0) is 18.9 Å². The molecule has 0 bridgehead atoms. The number of aryl methyl sites for hydroxylation is 2. The first-order valence-electron chi connectivity index (χ1n) is 8.40. The molecule has 4 rings (SSSR count). The molecule has 0 radical (unpaired) electrons. The molecular weight excluding hydrogens is 348 g/mol. The van der Waals surface area contributed by atoms with Crippen molar-refractivity contribution in [3.8, 4) is 0 Å². The lowest BCUT2D eigenvalue weighted by atomic mass is 10.1. The molecule has 0 fully saturated rings. The maximum Gasteiger partial charge on any atom is 0.274 e. The van der Waals surface area contributed by atoms with Crippen LogP contribution in [0, 0.1) is 6.92 Å². The van der Waals surface area contributed by atoms with Gasteiger partial charge in [0.15, 0.2) is 5.58 Å². The van der Waals surface area contributed by atoms with Crippen LogP contribution in [0.2, 0.25) is 0 Å². The van der Waals surface area contributed by atoms with E-state index in [1.807, 2.05) is 17.6 Å². The van der Waals surface area contributed by atoms with Gasteiger partial charge in [0.05, 0.1) is 11.8 Å². The van der Waals surface area contributed by atoms with Gasteiger partial charge in [-0.25, -0.2) is 0 Å². The Kier molecular flexibility index (Phi) is 4.30. The minimum Gasteiger partial charge on any atom is -0.463 e. The first-order chi connectivity index (χ1) is 12.6. The van der Waals surface area contributed by atoms with Crippen molar-refractivity contribution in [2.24, 2.45) is 0 Å². The van der Waals surface area contributed by atoms with Crippen LogP contribution in [-0.4, -0.2) is 20.7 Å². The highest BCUT2D eigenvalue weighted by atomic mass is 32.1. The van der Waals surface area contributed by atoms with E-state index in [0.717, 1.165) is 22.5 Å². The average molecular weight is 366 g/mol. The predicted molar refractivity (Wildman–Crippen MR) is 102 cm³/mol. The number of hydrogen-bond donors (Lipinski definition) is 1. The summed E-state index contributed by atoms with van der Waals surface area (Å²) in [4.78, 5) is 12.8. The summed E-state index contributed by atoms with van der Waals surface area (Å²) in [6, 6.07) is 11.9. The van der Waals surface area contributed by atoms with Gasteiger partial charge >= 0.3 is 0 Å². The third-order valence-electron chi connectivity index (χ3n) is 4.21. The Morgan fingerprint density at radius 2 is 2.04 bits per heavy atom. The summed E-state index contributed by atoms with van der Waals surface area (Å²) in [6.45, 7) is 4.65. The minimum absolute atomic E-state index is 0.220. The van der Waals surface area contributed by atoms with Gasteiger partial charge in [-0.15, -0.1) is 10.2 Å². The number of rotatable bonds is 5. The summed E-state index contributed by atoms with van der Waals surface area (Å²) in [7, 11) is 0. The fourth-order valence-electron chi connectivity index (χ4n) is 2.82. The molecule has 0 atom stereocenters. The van der Waals surface area contributed by atoms with Crippen molar-refractivity contribution in [1.29, 1.82) is 0 Å². The Labute approximate surface area is 154 Å². The molecular formula is C19H18N4O2S. The van der Waals surface area contributed by atoms with Crippen molar-refractivity contribution < 1.29 is 9.21 Å². The highest BCUT2D eigenvalue weighted by molar-refractivity contribution is 7.15. The summed E-state index contributed by atoms with van der Waals surface area (Å²) < 4.78 is 7.45. The number of aromatic nitrogens is 3. The number of benzene rings is 1.